The average Bonchev–Trinajstić information content (AvgIpc) is 2.58. The zero-order valence-corrected chi connectivity index (χ0v) is 10.8. The molecule has 2 nitrogen and oxygen atoms in total. The molecule has 1 heterocycles. The molecule has 2 heteroatoms. The van der Waals surface area contributed by atoms with Crippen LogP contribution in [-0.4, -0.2) is 9.55 Å². The zero-order chi connectivity index (χ0) is 11.9. The van der Waals surface area contributed by atoms with Crippen molar-refractivity contribution in [2.45, 2.75) is 46.1 Å². The minimum absolute atomic E-state index is 0.0877. The first-order valence-corrected chi connectivity index (χ1v) is 5.87. The van der Waals surface area contributed by atoms with E-state index in [2.05, 4.69) is 62.4 Å². The van der Waals surface area contributed by atoms with E-state index < -0.39 is 0 Å². The van der Waals surface area contributed by atoms with Crippen molar-refractivity contribution in [3.05, 3.63) is 30.1 Å². The van der Waals surface area contributed by atoms with Crippen molar-refractivity contribution in [2.75, 3.05) is 0 Å². The second kappa shape index (κ2) is 3.62. The molecular formula is C14H20N2. The van der Waals surface area contributed by atoms with Crippen LogP contribution in [-0.2, 0) is 5.54 Å². The van der Waals surface area contributed by atoms with Gasteiger partial charge >= 0.3 is 0 Å². The van der Waals surface area contributed by atoms with E-state index in [1.165, 1.54) is 11.1 Å². The lowest BCUT2D eigenvalue weighted by molar-refractivity contribution is 0.408. The van der Waals surface area contributed by atoms with Gasteiger partial charge in [-0.3, -0.25) is 0 Å². The Kier molecular flexibility index (Phi) is 2.53. The molecule has 2 rings (SSSR count). The SMILES string of the molecule is CC(C)c1ccc2ncn(C(C)(C)C)c2c1. The van der Waals surface area contributed by atoms with Crippen molar-refractivity contribution in [3.8, 4) is 0 Å². The summed E-state index contributed by atoms with van der Waals surface area (Å²) in [6.45, 7) is 11.1. The van der Waals surface area contributed by atoms with Crippen LogP contribution in [0.15, 0.2) is 24.5 Å². The van der Waals surface area contributed by atoms with Crippen molar-refractivity contribution >= 4 is 11.0 Å². The summed E-state index contributed by atoms with van der Waals surface area (Å²) in [7, 11) is 0. The molecule has 0 bridgehead atoms. The summed E-state index contributed by atoms with van der Waals surface area (Å²) in [4.78, 5) is 4.45. The minimum Gasteiger partial charge on any atom is -0.325 e. The number of nitrogens with zero attached hydrogens (tertiary/aromatic N) is 2. The molecule has 0 aliphatic rings. The Morgan fingerprint density at radius 3 is 2.44 bits per heavy atom. The van der Waals surface area contributed by atoms with E-state index in [1.54, 1.807) is 0 Å². The molecule has 0 fully saturated rings. The fourth-order valence-corrected chi connectivity index (χ4v) is 1.92. The third-order valence-electron chi connectivity index (χ3n) is 2.96. The second-order valence-electron chi connectivity index (χ2n) is 5.69. The fourth-order valence-electron chi connectivity index (χ4n) is 1.92. The summed E-state index contributed by atoms with van der Waals surface area (Å²) in [6, 6.07) is 6.55. The van der Waals surface area contributed by atoms with Gasteiger partial charge in [0.1, 0.15) is 0 Å². The smallest absolute Gasteiger partial charge is 0.0963 e. The van der Waals surface area contributed by atoms with Crippen LogP contribution >= 0.6 is 0 Å². The van der Waals surface area contributed by atoms with Crippen molar-refractivity contribution in [2.24, 2.45) is 0 Å². The average molecular weight is 216 g/mol. The van der Waals surface area contributed by atoms with Crippen molar-refractivity contribution in [1.82, 2.24) is 9.55 Å². The molecule has 0 N–H and O–H groups in total. The molecule has 1 aromatic carbocycles. The number of benzene rings is 1. The summed E-state index contributed by atoms with van der Waals surface area (Å²) in [6.07, 6.45) is 1.94. The van der Waals surface area contributed by atoms with Gasteiger partial charge in [-0.05, 0) is 44.4 Å². The number of hydrogen-bond acceptors (Lipinski definition) is 1. The Bertz CT molecular complexity index is 501. The molecule has 0 saturated heterocycles. The first-order chi connectivity index (χ1) is 7.39. The standard InChI is InChI=1S/C14H20N2/c1-10(2)11-6-7-12-13(8-11)16(9-15-12)14(3,4)5/h6-10H,1-5H3. The molecule has 86 valence electrons. The maximum atomic E-state index is 4.45. The van der Waals surface area contributed by atoms with Crippen molar-refractivity contribution < 1.29 is 0 Å². The topological polar surface area (TPSA) is 17.8 Å². The van der Waals surface area contributed by atoms with E-state index >= 15 is 0 Å². The maximum absolute atomic E-state index is 4.45. The highest BCUT2D eigenvalue weighted by Gasteiger charge is 2.16. The Morgan fingerprint density at radius 2 is 1.88 bits per heavy atom. The van der Waals surface area contributed by atoms with Gasteiger partial charge in [0.05, 0.1) is 17.4 Å². The van der Waals surface area contributed by atoms with Gasteiger partial charge in [0, 0.05) is 5.54 Å². The molecule has 0 amide bonds. The Labute approximate surface area is 97.3 Å². The van der Waals surface area contributed by atoms with Gasteiger partial charge in [0.25, 0.3) is 0 Å². The molecule has 0 aliphatic heterocycles. The van der Waals surface area contributed by atoms with Gasteiger partial charge in [0.15, 0.2) is 0 Å². The van der Waals surface area contributed by atoms with Gasteiger partial charge in [-0.15, -0.1) is 0 Å². The molecule has 16 heavy (non-hydrogen) atoms. The van der Waals surface area contributed by atoms with Crippen molar-refractivity contribution in [3.63, 3.8) is 0 Å². The lowest BCUT2D eigenvalue weighted by atomic mass is 10.0. The normalized spacial score (nSPS) is 12.6. The predicted octanol–water partition coefficient (Wildman–Crippen LogP) is 3.91. The van der Waals surface area contributed by atoms with Gasteiger partial charge in [-0.25, -0.2) is 4.98 Å². The van der Waals surface area contributed by atoms with Gasteiger partial charge in [-0.1, -0.05) is 19.9 Å². The molecular weight excluding hydrogens is 196 g/mol. The summed E-state index contributed by atoms with van der Waals surface area (Å²) >= 11 is 0. The van der Waals surface area contributed by atoms with E-state index in [4.69, 9.17) is 0 Å². The number of rotatable bonds is 1. The van der Waals surface area contributed by atoms with Crippen LogP contribution < -0.4 is 0 Å². The van der Waals surface area contributed by atoms with E-state index in [0.717, 1.165) is 5.52 Å². The predicted molar refractivity (Wildman–Crippen MR) is 68.8 cm³/mol. The maximum Gasteiger partial charge on any atom is 0.0963 e. The summed E-state index contributed by atoms with van der Waals surface area (Å²) in [5.41, 5.74) is 3.78. The van der Waals surface area contributed by atoms with Crippen LogP contribution in [0.1, 0.15) is 46.1 Å². The number of aromatic nitrogens is 2. The number of hydrogen-bond donors (Lipinski definition) is 0. The molecule has 0 radical (unpaired) electrons. The van der Waals surface area contributed by atoms with E-state index in [9.17, 15) is 0 Å². The zero-order valence-electron chi connectivity index (χ0n) is 10.8. The van der Waals surface area contributed by atoms with Gasteiger partial charge in [0.2, 0.25) is 0 Å². The highest BCUT2D eigenvalue weighted by Crippen LogP contribution is 2.25. The number of imidazole rings is 1. The largest absolute Gasteiger partial charge is 0.325 e. The Morgan fingerprint density at radius 1 is 1.19 bits per heavy atom. The van der Waals surface area contributed by atoms with E-state index in [-0.39, 0.29) is 5.54 Å². The minimum atomic E-state index is 0.0877. The van der Waals surface area contributed by atoms with Crippen LogP contribution in [0.5, 0.6) is 0 Å². The first-order valence-electron chi connectivity index (χ1n) is 5.87. The summed E-state index contributed by atoms with van der Waals surface area (Å²) in [5, 5.41) is 0. The summed E-state index contributed by atoms with van der Waals surface area (Å²) < 4.78 is 2.24. The Hall–Kier alpha value is -1.31. The van der Waals surface area contributed by atoms with Crippen LogP contribution in [0.4, 0.5) is 0 Å². The second-order valence-corrected chi connectivity index (χ2v) is 5.69. The van der Waals surface area contributed by atoms with Gasteiger partial charge < -0.3 is 4.57 Å². The lowest BCUT2D eigenvalue weighted by Gasteiger charge is -2.22. The highest BCUT2D eigenvalue weighted by atomic mass is 15.1. The van der Waals surface area contributed by atoms with E-state index in [0.29, 0.717) is 5.92 Å². The third kappa shape index (κ3) is 1.84. The third-order valence-corrected chi connectivity index (χ3v) is 2.96. The van der Waals surface area contributed by atoms with Crippen molar-refractivity contribution in [1.29, 1.82) is 0 Å². The quantitative estimate of drug-likeness (QED) is 0.706. The van der Waals surface area contributed by atoms with Crippen LogP contribution in [0, 0.1) is 0 Å². The Balaban J connectivity index is 2.65. The fraction of sp³-hybridized carbons (Fsp3) is 0.500. The monoisotopic (exact) mass is 216 g/mol. The number of fused-ring (bicyclic) bond motifs is 1. The molecule has 2 aromatic rings. The molecule has 0 spiro atoms. The molecule has 0 unspecified atom stereocenters. The lowest BCUT2D eigenvalue weighted by Crippen LogP contribution is -2.20. The molecule has 0 aliphatic carbocycles. The highest BCUT2D eigenvalue weighted by molar-refractivity contribution is 5.76. The first kappa shape index (κ1) is 11.2. The van der Waals surface area contributed by atoms with Crippen LogP contribution in [0.3, 0.4) is 0 Å². The molecule has 0 atom stereocenters. The van der Waals surface area contributed by atoms with Crippen LogP contribution in [0.25, 0.3) is 11.0 Å². The summed E-state index contributed by atoms with van der Waals surface area (Å²) in [5.74, 6) is 0.563. The molecule has 1 aromatic heterocycles. The van der Waals surface area contributed by atoms with E-state index in [1.807, 2.05) is 6.33 Å². The van der Waals surface area contributed by atoms with Gasteiger partial charge in [-0.2, -0.15) is 0 Å². The molecule has 0 saturated carbocycles. The van der Waals surface area contributed by atoms with Crippen LogP contribution in [0.2, 0.25) is 0 Å².